The molecule has 2 heterocycles. The van der Waals surface area contributed by atoms with Crippen molar-refractivity contribution in [3.8, 4) is 0 Å². The maximum Gasteiger partial charge on any atom is 0.435 e. The lowest BCUT2D eigenvalue weighted by Crippen LogP contribution is -2.27. The SMILES string of the molecule is Cc1nn(C(=O)OC(C)(C)C)c2cnc(Br)cc12. The van der Waals surface area contributed by atoms with Gasteiger partial charge in [-0.05, 0) is 49.7 Å². The van der Waals surface area contributed by atoms with Gasteiger partial charge in [0, 0.05) is 5.39 Å². The van der Waals surface area contributed by atoms with Crippen LogP contribution < -0.4 is 0 Å². The predicted molar refractivity (Wildman–Crippen MR) is 71.6 cm³/mol. The van der Waals surface area contributed by atoms with E-state index in [1.165, 1.54) is 4.68 Å². The van der Waals surface area contributed by atoms with E-state index in [1.54, 1.807) is 6.20 Å². The van der Waals surface area contributed by atoms with Gasteiger partial charge in [-0.25, -0.2) is 9.78 Å². The number of carbonyl (C=O) groups excluding carboxylic acids is 1. The molecule has 0 N–H and O–H groups in total. The molecule has 0 aliphatic rings. The van der Waals surface area contributed by atoms with Crippen molar-refractivity contribution < 1.29 is 9.53 Å². The maximum absolute atomic E-state index is 12.0. The third-order valence-corrected chi connectivity index (χ3v) is 2.72. The summed E-state index contributed by atoms with van der Waals surface area (Å²) >= 11 is 3.30. The molecule has 0 amide bonds. The summed E-state index contributed by atoms with van der Waals surface area (Å²) in [5, 5.41) is 5.07. The van der Waals surface area contributed by atoms with Crippen LogP contribution >= 0.6 is 15.9 Å². The zero-order valence-corrected chi connectivity index (χ0v) is 12.3. The Bertz CT molecular complexity index is 614. The van der Waals surface area contributed by atoms with Crippen molar-refractivity contribution in [1.82, 2.24) is 14.8 Å². The van der Waals surface area contributed by atoms with E-state index in [-0.39, 0.29) is 0 Å². The molecule has 0 unspecified atom stereocenters. The van der Waals surface area contributed by atoms with Crippen molar-refractivity contribution >= 4 is 32.9 Å². The highest BCUT2D eigenvalue weighted by Gasteiger charge is 2.21. The van der Waals surface area contributed by atoms with Crippen LogP contribution in [0.25, 0.3) is 10.9 Å². The summed E-state index contributed by atoms with van der Waals surface area (Å²) in [4.78, 5) is 16.1. The molecule has 18 heavy (non-hydrogen) atoms. The molecule has 0 saturated carbocycles. The Morgan fingerprint density at radius 1 is 1.44 bits per heavy atom. The zero-order valence-electron chi connectivity index (χ0n) is 10.7. The Balaban J connectivity index is 2.49. The minimum absolute atomic E-state index is 0.496. The average molecular weight is 312 g/mol. The first kappa shape index (κ1) is 13.0. The Morgan fingerprint density at radius 3 is 2.72 bits per heavy atom. The summed E-state index contributed by atoms with van der Waals surface area (Å²) in [6.45, 7) is 7.30. The molecule has 0 aromatic carbocycles. The van der Waals surface area contributed by atoms with Crippen LogP contribution in [-0.2, 0) is 4.74 Å². The van der Waals surface area contributed by atoms with Gasteiger partial charge in [0.15, 0.2) is 0 Å². The lowest BCUT2D eigenvalue weighted by Gasteiger charge is -2.19. The van der Waals surface area contributed by atoms with Gasteiger partial charge >= 0.3 is 6.09 Å². The predicted octanol–water partition coefficient (Wildman–Crippen LogP) is 3.29. The fraction of sp³-hybridized carbons (Fsp3) is 0.417. The zero-order chi connectivity index (χ0) is 13.5. The van der Waals surface area contributed by atoms with Crippen LogP contribution in [0.15, 0.2) is 16.9 Å². The fourth-order valence-electron chi connectivity index (χ4n) is 1.58. The summed E-state index contributed by atoms with van der Waals surface area (Å²) in [6, 6.07) is 1.83. The van der Waals surface area contributed by atoms with E-state index in [4.69, 9.17) is 4.74 Å². The second-order valence-corrected chi connectivity index (χ2v) is 5.81. The summed E-state index contributed by atoms with van der Waals surface area (Å²) < 4.78 is 7.25. The fourth-order valence-corrected chi connectivity index (χ4v) is 1.91. The van der Waals surface area contributed by atoms with Crippen molar-refractivity contribution in [2.24, 2.45) is 0 Å². The molecule has 2 rings (SSSR count). The van der Waals surface area contributed by atoms with Gasteiger partial charge in [-0.15, -0.1) is 0 Å². The molecule has 0 aliphatic carbocycles. The average Bonchev–Trinajstić information content (AvgIpc) is 2.54. The summed E-state index contributed by atoms with van der Waals surface area (Å²) in [7, 11) is 0. The summed E-state index contributed by atoms with van der Waals surface area (Å²) in [6.07, 6.45) is 1.10. The molecule has 0 bridgehead atoms. The van der Waals surface area contributed by atoms with Crippen LogP contribution in [0.2, 0.25) is 0 Å². The van der Waals surface area contributed by atoms with E-state index in [9.17, 15) is 4.79 Å². The number of aromatic nitrogens is 3. The van der Waals surface area contributed by atoms with Gasteiger partial charge in [0.05, 0.1) is 17.4 Å². The Kier molecular flexibility index (Phi) is 3.14. The van der Waals surface area contributed by atoms with Crippen molar-refractivity contribution in [2.75, 3.05) is 0 Å². The Morgan fingerprint density at radius 2 is 2.11 bits per heavy atom. The first-order valence-electron chi connectivity index (χ1n) is 5.52. The number of carbonyl (C=O) groups is 1. The van der Waals surface area contributed by atoms with E-state index in [1.807, 2.05) is 33.8 Å². The molecule has 0 saturated heterocycles. The molecule has 0 atom stereocenters. The normalized spacial score (nSPS) is 11.8. The second-order valence-electron chi connectivity index (χ2n) is 5.00. The monoisotopic (exact) mass is 311 g/mol. The van der Waals surface area contributed by atoms with E-state index in [0.29, 0.717) is 10.1 Å². The molecule has 0 radical (unpaired) electrons. The largest absolute Gasteiger partial charge is 0.442 e. The van der Waals surface area contributed by atoms with E-state index >= 15 is 0 Å². The quantitative estimate of drug-likeness (QED) is 0.701. The molecule has 0 spiro atoms. The highest BCUT2D eigenvalue weighted by molar-refractivity contribution is 9.10. The number of pyridine rings is 1. The number of nitrogens with zero attached hydrogens (tertiary/aromatic N) is 3. The van der Waals surface area contributed by atoms with Gasteiger partial charge in [-0.2, -0.15) is 9.78 Å². The van der Waals surface area contributed by atoms with E-state index in [2.05, 4.69) is 26.0 Å². The minimum Gasteiger partial charge on any atom is -0.442 e. The molecule has 96 valence electrons. The molecule has 6 heteroatoms. The van der Waals surface area contributed by atoms with Crippen molar-refractivity contribution in [3.63, 3.8) is 0 Å². The third kappa shape index (κ3) is 2.53. The van der Waals surface area contributed by atoms with Gasteiger partial charge in [0.25, 0.3) is 0 Å². The number of halogens is 1. The molecule has 0 aliphatic heterocycles. The molecule has 2 aromatic heterocycles. The lowest BCUT2D eigenvalue weighted by molar-refractivity contribution is 0.0522. The van der Waals surface area contributed by atoms with Crippen LogP contribution in [0, 0.1) is 6.92 Å². The van der Waals surface area contributed by atoms with Gasteiger partial charge in [-0.3, -0.25) is 0 Å². The summed E-state index contributed by atoms with van der Waals surface area (Å²) in [5.41, 5.74) is 0.857. The van der Waals surface area contributed by atoms with Crippen LogP contribution in [0.5, 0.6) is 0 Å². The van der Waals surface area contributed by atoms with Gasteiger partial charge in [0.2, 0.25) is 0 Å². The number of fused-ring (bicyclic) bond motifs is 1. The smallest absolute Gasteiger partial charge is 0.435 e. The van der Waals surface area contributed by atoms with Crippen LogP contribution in [0.4, 0.5) is 4.79 Å². The molecule has 0 fully saturated rings. The number of hydrogen-bond acceptors (Lipinski definition) is 4. The van der Waals surface area contributed by atoms with Gasteiger partial charge in [0.1, 0.15) is 10.2 Å². The van der Waals surface area contributed by atoms with Crippen LogP contribution in [0.1, 0.15) is 26.5 Å². The van der Waals surface area contributed by atoms with Gasteiger partial charge < -0.3 is 4.74 Å². The maximum atomic E-state index is 12.0. The Hall–Kier alpha value is -1.43. The molecular formula is C12H14BrN3O2. The van der Waals surface area contributed by atoms with E-state index in [0.717, 1.165) is 11.1 Å². The number of hydrogen-bond donors (Lipinski definition) is 0. The van der Waals surface area contributed by atoms with E-state index < -0.39 is 11.7 Å². The first-order valence-corrected chi connectivity index (χ1v) is 6.31. The summed E-state index contributed by atoms with van der Waals surface area (Å²) in [5.74, 6) is 0. The Labute approximate surface area is 113 Å². The highest BCUT2D eigenvalue weighted by Crippen LogP contribution is 2.21. The molecule has 2 aromatic rings. The van der Waals surface area contributed by atoms with Crippen LogP contribution in [-0.4, -0.2) is 26.5 Å². The standard InChI is InChI=1S/C12H14BrN3O2/c1-7-8-5-10(13)14-6-9(8)16(15-7)11(17)18-12(2,3)4/h5-6H,1-4H3. The highest BCUT2D eigenvalue weighted by atomic mass is 79.9. The van der Waals surface area contributed by atoms with Crippen LogP contribution in [0.3, 0.4) is 0 Å². The lowest BCUT2D eigenvalue weighted by atomic mass is 10.2. The first-order chi connectivity index (χ1) is 8.28. The molecular weight excluding hydrogens is 298 g/mol. The van der Waals surface area contributed by atoms with Gasteiger partial charge in [-0.1, -0.05) is 0 Å². The minimum atomic E-state index is -0.550. The second kappa shape index (κ2) is 4.35. The number of aryl methyl sites for hydroxylation is 1. The van der Waals surface area contributed by atoms with Crippen molar-refractivity contribution in [1.29, 1.82) is 0 Å². The number of rotatable bonds is 0. The number of ether oxygens (including phenoxy) is 1. The topological polar surface area (TPSA) is 57.0 Å². The van der Waals surface area contributed by atoms with Crippen molar-refractivity contribution in [3.05, 3.63) is 22.6 Å². The van der Waals surface area contributed by atoms with Crippen molar-refractivity contribution in [2.45, 2.75) is 33.3 Å². The molecule has 5 nitrogen and oxygen atoms in total. The third-order valence-electron chi connectivity index (χ3n) is 2.28.